The minimum Gasteiger partial charge on any atom is -0.497 e. The molecule has 1 fully saturated rings. The summed E-state index contributed by atoms with van der Waals surface area (Å²) in [5.41, 5.74) is 1.81. The van der Waals surface area contributed by atoms with Gasteiger partial charge in [-0.25, -0.2) is 4.98 Å². The van der Waals surface area contributed by atoms with Gasteiger partial charge in [0.25, 0.3) is 0 Å². The average molecular weight is 515 g/mol. The number of anilines is 1. The molecule has 1 saturated heterocycles. The molecule has 182 valence electrons. The first-order valence-corrected chi connectivity index (χ1v) is 11.8. The minimum absolute atomic E-state index is 0.124. The van der Waals surface area contributed by atoms with Gasteiger partial charge in [-0.15, -0.1) is 0 Å². The van der Waals surface area contributed by atoms with Gasteiger partial charge in [0.2, 0.25) is 17.7 Å². The van der Waals surface area contributed by atoms with Crippen LogP contribution in [-0.2, 0) is 16.0 Å². The van der Waals surface area contributed by atoms with Crippen LogP contribution >= 0.6 is 23.2 Å². The molecule has 35 heavy (non-hydrogen) atoms. The fourth-order valence-corrected chi connectivity index (χ4v) is 4.26. The standard InChI is InChI=1S/C25H24Cl2N4O4/c1-34-20-6-4-16(5-7-20)11-21(32)29-25-24(17-12-18(26)14-19(27)13-17)28-15-22(30-25)35-10-9-31-8-2-3-23(31)33/h4-7,12-15H,2-3,8-11H2,1H3,(H,29,30,32). The van der Waals surface area contributed by atoms with Gasteiger partial charge in [-0.3, -0.25) is 9.59 Å². The molecule has 0 spiro atoms. The van der Waals surface area contributed by atoms with E-state index in [9.17, 15) is 9.59 Å². The smallest absolute Gasteiger partial charge is 0.234 e. The van der Waals surface area contributed by atoms with Crippen LogP contribution in [0.3, 0.4) is 0 Å². The fraction of sp³-hybridized carbons (Fsp3) is 0.280. The Morgan fingerprint density at radius 2 is 1.89 bits per heavy atom. The van der Waals surface area contributed by atoms with Gasteiger partial charge in [0.05, 0.1) is 26.3 Å². The molecule has 3 aromatic rings. The van der Waals surface area contributed by atoms with Crippen molar-refractivity contribution >= 4 is 40.8 Å². The highest BCUT2D eigenvalue weighted by Gasteiger charge is 2.20. The fourth-order valence-electron chi connectivity index (χ4n) is 3.74. The Bertz CT molecular complexity index is 1200. The number of carbonyl (C=O) groups is 2. The second-order valence-corrected chi connectivity index (χ2v) is 8.84. The van der Waals surface area contributed by atoms with Crippen LogP contribution in [0.2, 0.25) is 10.0 Å². The normalized spacial score (nSPS) is 13.1. The third-order valence-corrected chi connectivity index (χ3v) is 5.89. The molecule has 4 rings (SSSR count). The van der Waals surface area contributed by atoms with E-state index in [0.717, 1.165) is 18.5 Å². The maximum atomic E-state index is 12.8. The number of carbonyl (C=O) groups excluding carboxylic acids is 2. The SMILES string of the molecule is COc1ccc(CC(=O)Nc2nc(OCCN3CCCC3=O)cnc2-c2cc(Cl)cc(Cl)c2)cc1. The number of likely N-dealkylation sites (tertiary alicyclic amines) is 1. The van der Waals surface area contributed by atoms with E-state index in [2.05, 4.69) is 15.3 Å². The molecule has 0 aliphatic carbocycles. The van der Waals surface area contributed by atoms with E-state index in [0.29, 0.717) is 40.0 Å². The Morgan fingerprint density at radius 3 is 2.54 bits per heavy atom. The molecule has 0 atom stereocenters. The summed E-state index contributed by atoms with van der Waals surface area (Å²) >= 11 is 12.4. The monoisotopic (exact) mass is 514 g/mol. The molecule has 1 aliphatic rings. The third kappa shape index (κ3) is 6.61. The zero-order valence-electron chi connectivity index (χ0n) is 19.1. The largest absolute Gasteiger partial charge is 0.497 e. The van der Waals surface area contributed by atoms with Crippen molar-refractivity contribution in [3.8, 4) is 22.9 Å². The number of hydrogen-bond acceptors (Lipinski definition) is 6. The lowest BCUT2D eigenvalue weighted by Crippen LogP contribution is -2.29. The lowest BCUT2D eigenvalue weighted by molar-refractivity contribution is -0.128. The maximum Gasteiger partial charge on any atom is 0.234 e. The summed E-state index contributed by atoms with van der Waals surface area (Å²) in [4.78, 5) is 35.3. The van der Waals surface area contributed by atoms with Gasteiger partial charge in [-0.2, -0.15) is 4.98 Å². The second kappa shape index (κ2) is 11.4. The number of methoxy groups -OCH3 is 1. The first kappa shape index (κ1) is 24.8. The number of nitrogens with zero attached hydrogens (tertiary/aromatic N) is 3. The first-order chi connectivity index (χ1) is 16.9. The molecule has 0 bridgehead atoms. The van der Waals surface area contributed by atoms with Gasteiger partial charge in [-0.05, 0) is 42.3 Å². The topological polar surface area (TPSA) is 93.7 Å². The Labute approximate surface area is 213 Å². The molecule has 2 amide bonds. The Kier molecular flexibility index (Phi) is 8.05. The predicted octanol–water partition coefficient (Wildman–Crippen LogP) is 4.64. The van der Waals surface area contributed by atoms with E-state index in [1.807, 2.05) is 12.1 Å². The van der Waals surface area contributed by atoms with Gasteiger partial charge >= 0.3 is 0 Å². The third-order valence-electron chi connectivity index (χ3n) is 5.45. The van der Waals surface area contributed by atoms with Gasteiger partial charge in [0.15, 0.2) is 5.82 Å². The average Bonchev–Trinajstić information content (AvgIpc) is 3.23. The van der Waals surface area contributed by atoms with Crippen molar-refractivity contribution in [3.05, 3.63) is 64.3 Å². The molecule has 0 unspecified atom stereocenters. The van der Waals surface area contributed by atoms with Crippen LogP contribution < -0.4 is 14.8 Å². The number of halogens is 2. The molecular formula is C25H24Cl2N4O4. The molecule has 2 heterocycles. The van der Waals surface area contributed by atoms with Crippen LogP contribution in [0.25, 0.3) is 11.3 Å². The Balaban J connectivity index is 1.53. The summed E-state index contributed by atoms with van der Waals surface area (Å²) in [7, 11) is 1.59. The van der Waals surface area contributed by atoms with Crippen molar-refractivity contribution in [2.24, 2.45) is 0 Å². The molecule has 0 saturated carbocycles. The van der Waals surface area contributed by atoms with Gasteiger partial charge in [-0.1, -0.05) is 35.3 Å². The quantitative estimate of drug-likeness (QED) is 0.446. The zero-order valence-corrected chi connectivity index (χ0v) is 20.6. The maximum absolute atomic E-state index is 12.8. The molecule has 1 aromatic heterocycles. The number of aromatic nitrogens is 2. The van der Waals surface area contributed by atoms with Crippen molar-refractivity contribution in [3.63, 3.8) is 0 Å². The summed E-state index contributed by atoms with van der Waals surface area (Å²) in [5.74, 6) is 1.00. The number of nitrogens with one attached hydrogen (secondary N) is 1. The molecule has 1 aliphatic heterocycles. The number of ether oxygens (including phenoxy) is 2. The summed E-state index contributed by atoms with van der Waals surface area (Å²) in [5, 5.41) is 3.69. The van der Waals surface area contributed by atoms with E-state index in [4.69, 9.17) is 32.7 Å². The number of amides is 2. The summed E-state index contributed by atoms with van der Waals surface area (Å²) in [6.45, 7) is 1.46. The van der Waals surface area contributed by atoms with Gasteiger partial charge < -0.3 is 19.7 Å². The highest BCUT2D eigenvalue weighted by atomic mass is 35.5. The van der Waals surface area contributed by atoms with Crippen LogP contribution in [0.5, 0.6) is 11.6 Å². The Morgan fingerprint density at radius 1 is 1.14 bits per heavy atom. The van der Waals surface area contributed by atoms with E-state index in [1.165, 1.54) is 6.20 Å². The number of rotatable bonds is 9. The number of hydrogen-bond donors (Lipinski definition) is 1. The van der Waals surface area contributed by atoms with Crippen molar-refractivity contribution in [2.75, 3.05) is 32.1 Å². The van der Waals surface area contributed by atoms with Crippen LogP contribution in [0.15, 0.2) is 48.7 Å². The van der Waals surface area contributed by atoms with Gasteiger partial charge in [0, 0.05) is 28.6 Å². The zero-order chi connectivity index (χ0) is 24.8. The summed E-state index contributed by atoms with van der Waals surface area (Å²) < 4.78 is 10.9. The van der Waals surface area contributed by atoms with Crippen LogP contribution in [-0.4, -0.2) is 53.5 Å². The molecule has 1 N–H and O–H groups in total. The molecule has 2 aromatic carbocycles. The summed E-state index contributed by atoms with van der Waals surface area (Å²) in [6.07, 6.45) is 3.03. The summed E-state index contributed by atoms with van der Waals surface area (Å²) in [6, 6.07) is 12.2. The second-order valence-electron chi connectivity index (χ2n) is 7.97. The minimum atomic E-state index is -0.279. The lowest BCUT2D eigenvalue weighted by atomic mass is 10.1. The van der Waals surface area contributed by atoms with Gasteiger partial charge in [0.1, 0.15) is 18.1 Å². The van der Waals surface area contributed by atoms with E-state index in [1.54, 1.807) is 42.3 Å². The predicted molar refractivity (Wildman–Crippen MR) is 134 cm³/mol. The van der Waals surface area contributed by atoms with Crippen molar-refractivity contribution < 1.29 is 19.1 Å². The first-order valence-electron chi connectivity index (χ1n) is 11.1. The van der Waals surface area contributed by atoms with Crippen LogP contribution in [0.1, 0.15) is 18.4 Å². The van der Waals surface area contributed by atoms with Crippen LogP contribution in [0.4, 0.5) is 5.82 Å². The van der Waals surface area contributed by atoms with Crippen LogP contribution in [0, 0.1) is 0 Å². The Hall–Kier alpha value is -3.36. The van der Waals surface area contributed by atoms with Crippen molar-refractivity contribution in [2.45, 2.75) is 19.3 Å². The highest BCUT2D eigenvalue weighted by molar-refractivity contribution is 6.35. The number of benzene rings is 2. The van der Waals surface area contributed by atoms with E-state index < -0.39 is 0 Å². The molecular weight excluding hydrogens is 491 g/mol. The van der Waals surface area contributed by atoms with E-state index >= 15 is 0 Å². The molecule has 8 nitrogen and oxygen atoms in total. The van der Waals surface area contributed by atoms with Crippen molar-refractivity contribution in [1.29, 1.82) is 0 Å². The lowest BCUT2D eigenvalue weighted by Gasteiger charge is -2.16. The van der Waals surface area contributed by atoms with E-state index in [-0.39, 0.29) is 36.5 Å². The molecule has 10 heteroatoms. The highest BCUT2D eigenvalue weighted by Crippen LogP contribution is 2.31. The van der Waals surface area contributed by atoms with Crippen molar-refractivity contribution in [1.82, 2.24) is 14.9 Å². The molecule has 0 radical (unpaired) electrons.